The van der Waals surface area contributed by atoms with Gasteiger partial charge in [-0.05, 0) is 86.9 Å². The van der Waals surface area contributed by atoms with Crippen molar-refractivity contribution in [1.82, 2.24) is 5.43 Å². The molecule has 0 heterocycles. The van der Waals surface area contributed by atoms with Crippen molar-refractivity contribution < 1.29 is 14.3 Å². The Kier molecular flexibility index (Phi) is 5.08. The van der Waals surface area contributed by atoms with Crippen LogP contribution in [0.5, 0.6) is 0 Å². The number of ether oxygens (including phenoxy) is 1. The van der Waals surface area contributed by atoms with Crippen LogP contribution in [0.4, 0.5) is 0 Å². The van der Waals surface area contributed by atoms with E-state index < -0.39 is 0 Å². The molecule has 5 nitrogen and oxygen atoms in total. The Balaban J connectivity index is 1.52. The summed E-state index contributed by atoms with van der Waals surface area (Å²) < 4.78 is 5.58. The molecule has 28 heavy (non-hydrogen) atoms. The molecule has 5 heteroatoms. The summed E-state index contributed by atoms with van der Waals surface area (Å²) in [4.78, 5) is 22.7. The van der Waals surface area contributed by atoms with Crippen LogP contribution in [0.3, 0.4) is 0 Å². The highest BCUT2D eigenvalue weighted by molar-refractivity contribution is 5.93. The number of hydrogen-bond donors (Lipinski definition) is 1. The molecule has 7 atom stereocenters. The van der Waals surface area contributed by atoms with E-state index in [0.717, 1.165) is 31.1 Å². The lowest BCUT2D eigenvalue weighted by Crippen LogP contribution is -2.54. The third-order valence-electron chi connectivity index (χ3n) is 9.04. The second-order valence-corrected chi connectivity index (χ2v) is 10.4. The first-order chi connectivity index (χ1) is 13.2. The second-order valence-electron chi connectivity index (χ2n) is 10.4. The summed E-state index contributed by atoms with van der Waals surface area (Å²) in [6, 6.07) is 0. The molecule has 0 aromatic heterocycles. The van der Waals surface area contributed by atoms with Gasteiger partial charge in [0.1, 0.15) is 6.10 Å². The predicted molar refractivity (Wildman–Crippen MR) is 109 cm³/mol. The molecule has 4 aliphatic rings. The molecule has 4 aliphatic carbocycles. The van der Waals surface area contributed by atoms with Gasteiger partial charge in [0.2, 0.25) is 5.91 Å². The quantitative estimate of drug-likeness (QED) is 0.561. The number of nitrogens with one attached hydrogen (secondary N) is 1. The first kappa shape index (κ1) is 19.9. The lowest BCUT2D eigenvalue weighted by Gasteiger charge is -2.60. The molecule has 4 saturated carbocycles. The maximum atomic E-state index is 11.4. The van der Waals surface area contributed by atoms with Crippen LogP contribution < -0.4 is 5.43 Å². The van der Waals surface area contributed by atoms with E-state index in [4.69, 9.17) is 4.74 Å². The number of hydrogen-bond acceptors (Lipinski definition) is 4. The predicted octanol–water partition coefficient (Wildman–Crippen LogP) is 4.45. The van der Waals surface area contributed by atoms with Gasteiger partial charge in [-0.15, -0.1) is 0 Å². The van der Waals surface area contributed by atoms with Crippen LogP contribution in [0.25, 0.3) is 0 Å². The normalized spacial score (nSPS) is 46.3. The highest BCUT2D eigenvalue weighted by Crippen LogP contribution is 2.65. The highest BCUT2D eigenvalue weighted by atomic mass is 16.5. The summed E-state index contributed by atoms with van der Waals surface area (Å²) in [5, 5.41) is 4.52. The maximum absolute atomic E-state index is 11.4. The number of carbonyl (C=O) groups is 2. The summed E-state index contributed by atoms with van der Waals surface area (Å²) in [7, 11) is 0. The Hall–Kier alpha value is -1.39. The van der Waals surface area contributed by atoms with Crippen molar-refractivity contribution in [2.45, 2.75) is 91.6 Å². The first-order valence-corrected chi connectivity index (χ1v) is 11.2. The van der Waals surface area contributed by atoms with Crippen LogP contribution in [0.1, 0.15) is 85.5 Å². The number of hydrazone groups is 1. The molecule has 4 rings (SSSR count). The highest BCUT2D eigenvalue weighted by Gasteiger charge is 2.59. The zero-order chi connectivity index (χ0) is 20.1. The average molecular weight is 389 g/mol. The number of carbonyl (C=O) groups excluding carboxylic acids is 2. The zero-order valence-electron chi connectivity index (χ0n) is 17.9. The van der Waals surface area contributed by atoms with Crippen molar-refractivity contribution in [3.63, 3.8) is 0 Å². The first-order valence-electron chi connectivity index (χ1n) is 11.2. The van der Waals surface area contributed by atoms with Gasteiger partial charge < -0.3 is 4.74 Å². The summed E-state index contributed by atoms with van der Waals surface area (Å²) in [6.07, 6.45) is 10.6. The van der Waals surface area contributed by atoms with Crippen molar-refractivity contribution in [3.8, 4) is 0 Å². The molecule has 4 fully saturated rings. The van der Waals surface area contributed by atoms with Gasteiger partial charge >= 0.3 is 5.97 Å². The molecule has 0 aromatic rings. The van der Waals surface area contributed by atoms with Crippen LogP contribution in [0.15, 0.2) is 5.10 Å². The van der Waals surface area contributed by atoms with Crippen LogP contribution in [0.2, 0.25) is 0 Å². The molecule has 0 unspecified atom stereocenters. The Bertz CT molecular complexity index is 689. The smallest absolute Gasteiger partial charge is 0.302 e. The summed E-state index contributed by atoms with van der Waals surface area (Å²) in [5.74, 6) is 2.73. The lowest BCUT2D eigenvalue weighted by atomic mass is 9.45. The third-order valence-corrected chi connectivity index (χ3v) is 9.04. The van der Waals surface area contributed by atoms with E-state index in [1.807, 2.05) is 0 Å². The van der Waals surface area contributed by atoms with Gasteiger partial charge in [0, 0.05) is 25.0 Å². The molecule has 0 saturated heterocycles. The van der Waals surface area contributed by atoms with Gasteiger partial charge in [0.25, 0.3) is 0 Å². The molecule has 0 bridgehead atoms. The van der Waals surface area contributed by atoms with E-state index >= 15 is 0 Å². The van der Waals surface area contributed by atoms with Crippen molar-refractivity contribution >= 4 is 17.6 Å². The largest absolute Gasteiger partial charge is 0.463 e. The Labute approximate surface area is 169 Å². The number of amides is 1. The van der Waals surface area contributed by atoms with Gasteiger partial charge in [-0.2, -0.15) is 5.10 Å². The maximum Gasteiger partial charge on any atom is 0.302 e. The van der Waals surface area contributed by atoms with E-state index in [0.29, 0.717) is 17.3 Å². The zero-order valence-corrected chi connectivity index (χ0v) is 17.9. The monoisotopic (exact) mass is 388 g/mol. The number of esters is 1. The molecule has 1 amide bonds. The average Bonchev–Trinajstić information content (AvgIpc) is 2.96. The number of fused-ring (bicyclic) bond motifs is 5. The van der Waals surface area contributed by atoms with E-state index in [-0.39, 0.29) is 23.4 Å². The summed E-state index contributed by atoms with van der Waals surface area (Å²) in [6.45, 7) is 7.99. The van der Waals surface area contributed by atoms with E-state index in [9.17, 15) is 9.59 Å². The topological polar surface area (TPSA) is 67.8 Å². The van der Waals surface area contributed by atoms with E-state index in [2.05, 4.69) is 24.4 Å². The molecule has 0 radical (unpaired) electrons. The fourth-order valence-corrected chi connectivity index (χ4v) is 7.68. The molecule has 0 aliphatic heterocycles. The molecule has 0 spiro atoms. The van der Waals surface area contributed by atoms with Crippen LogP contribution in [-0.2, 0) is 14.3 Å². The second kappa shape index (κ2) is 7.14. The molecular formula is C23H36N2O3. The summed E-state index contributed by atoms with van der Waals surface area (Å²) in [5.41, 5.74) is 4.46. The van der Waals surface area contributed by atoms with Crippen molar-refractivity contribution in [2.75, 3.05) is 0 Å². The van der Waals surface area contributed by atoms with Crippen LogP contribution in [-0.4, -0.2) is 23.7 Å². The minimum absolute atomic E-state index is 0.0780. The van der Waals surface area contributed by atoms with Gasteiger partial charge in [-0.1, -0.05) is 13.8 Å². The van der Waals surface area contributed by atoms with Gasteiger partial charge in [0.05, 0.1) is 0 Å². The van der Waals surface area contributed by atoms with Crippen molar-refractivity contribution in [2.24, 2.45) is 39.6 Å². The van der Waals surface area contributed by atoms with Gasteiger partial charge in [-0.3, -0.25) is 9.59 Å². The fourth-order valence-electron chi connectivity index (χ4n) is 7.68. The van der Waals surface area contributed by atoms with Gasteiger partial charge in [-0.25, -0.2) is 5.43 Å². The van der Waals surface area contributed by atoms with E-state index in [1.165, 1.54) is 58.1 Å². The summed E-state index contributed by atoms with van der Waals surface area (Å²) >= 11 is 0. The Morgan fingerprint density at radius 3 is 2.54 bits per heavy atom. The van der Waals surface area contributed by atoms with Crippen LogP contribution in [0, 0.1) is 34.5 Å². The molecule has 1 N–H and O–H groups in total. The van der Waals surface area contributed by atoms with Crippen molar-refractivity contribution in [1.29, 1.82) is 0 Å². The number of rotatable bonds is 2. The SMILES string of the molecule is CC(=O)N/N=C1\CC[C@H]2[C@@H]3CC[C@H]4C[C@H](OC(C)=O)CC[C@]4(C)[C@H]3CC[C@]12C. The van der Waals surface area contributed by atoms with Crippen molar-refractivity contribution in [3.05, 3.63) is 0 Å². The molecule has 0 aromatic carbocycles. The Morgan fingerprint density at radius 2 is 1.82 bits per heavy atom. The van der Waals surface area contributed by atoms with Crippen LogP contribution >= 0.6 is 0 Å². The fraction of sp³-hybridized carbons (Fsp3) is 0.870. The minimum Gasteiger partial charge on any atom is -0.463 e. The number of nitrogens with zero attached hydrogens (tertiary/aromatic N) is 1. The molecule has 156 valence electrons. The van der Waals surface area contributed by atoms with E-state index in [1.54, 1.807) is 0 Å². The van der Waals surface area contributed by atoms with Gasteiger partial charge in [0.15, 0.2) is 0 Å². The minimum atomic E-state index is -0.132. The molecular weight excluding hydrogens is 352 g/mol. The standard InChI is InChI=1S/C23H36N2O3/c1-14(26)24-25-21-8-7-19-18-6-5-16-13-17(28-15(2)27)9-11-22(16,3)20(18)10-12-23(19,21)4/h16-20H,5-13H2,1-4H3,(H,24,26)/b25-21+/t16-,17+,18-,19-,20-,22-,23-/m0/s1. The lowest BCUT2D eigenvalue weighted by molar-refractivity contribution is -0.158. The Morgan fingerprint density at radius 1 is 1.04 bits per heavy atom. The third kappa shape index (κ3) is 3.19.